The van der Waals surface area contributed by atoms with Crippen LogP contribution in [0.5, 0.6) is 0 Å². The summed E-state index contributed by atoms with van der Waals surface area (Å²) in [5, 5.41) is 6.32. The number of hydrogen-bond donors (Lipinski definition) is 1. The first-order valence-electron chi connectivity index (χ1n) is 11.3. The molecule has 6 rings (SSSR count). The molecule has 0 spiro atoms. The van der Waals surface area contributed by atoms with Gasteiger partial charge in [-0.05, 0) is 46.4 Å². The summed E-state index contributed by atoms with van der Waals surface area (Å²) in [7, 11) is 0. The summed E-state index contributed by atoms with van der Waals surface area (Å²) in [4.78, 5) is 19.9. The van der Waals surface area contributed by atoms with Gasteiger partial charge in [-0.2, -0.15) is 0 Å². The minimum atomic E-state index is -0.0405. The average Bonchev–Trinajstić information content (AvgIpc) is 3.50. The SMILES string of the molecule is O=C(CSc1ccc2c3c(cccc13)CC2)Nc1nc(-c2ccccc2)c(-c2ccccc2)s1. The van der Waals surface area contributed by atoms with E-state index in [1.54, 1.807) is 11.8 Å². The average molecular weight is 479 g/mol. The number of thiazole rings is 1. The molecule has 0 unspecified atom stereocenters. The van der Waals surface area contributed by atoms with Gasteiger partial charge in [0.2, 0.25) is 5.91 Å². The Bertz CT molecular complexity index is 1430. The van der Waals surface area contributed by atoms with Crippen LogP contribution in [-0.2, 0) is 17.6 Å². The number of rotatable bonds is 6. The maximum Gasteiger partial charge on any atom is 0.236 e. The summed E-state index contributed by atoms with van der Waals surface area (Å²) in [6.45, 7) is 0. The molecule has 1 N–H and O–H groups in total. The van der Waals surface area contributed by atoms with E-state index >= 15 is 0 Å². The van der Waals surface area contributed by atoms with Crippen molar-refractivity contribution in [3.05, 3.63) is 102 Å². The maximum absolute atomic E-state index is 12.9. The number of hydrogen-bond acceptors (Lipinski definition) is 4. The lowest BCUT2D eigenvalue weighted by atomic mass is 10.1. The van der Waals surface area contributed by atoms with Crippen LogP contribution in [0.25, 0.3) is 32.5 Å². The Kier molecular flexibility index (Phi) is 5.65. The second-order valence-corrected chi connectivity index (χ2v) is 10.3. The lowest BCUT2D eigenvalue weighted by Gasteiger charge is -2.08. The van der Waals surface area contributed by atoms with Crippen molar-refractivity contribution >= 4 is 44.9 Å². The van der Waals surface area contributed by atoms with Gasteiger partial charge >= 0.3 is 0 Å². The second-order valence-electron chi connectivity index (χ2n) is 8.33. The first kappa shape index (κ1) is 21.1. The highest BCUT2D eigenvalue weighted by atomic mass is 32.2. The number of carbonyl (C=O) groups excluding carboxylic acids is 1. The van der Waals surface area contributed by atoms with E-state index < -0.39 is 0 Å². The van der Waals surface area contributed by atoms with Crippen molar-refractivity contribution in [2.45, 2.75) is 17.7 Å². The van der Waals surface area contributed by atoms with Gasteiger partial charge in [0.15, 0.2) is 5.13 Å². The minimum Gasteiger partial charge on any atom is -0.301 e. The Morgan fingerprint density at radius 3 is 2.29 bits per heavy atom. The van der Waals surface area contributed by atoms with E-state index in [1.807, 2.05) is 36.4 Å². The Morgan fingerprint density at radius 2 is 1.53 bits per heavy atom. The first-order valence-corrected chi connectivity index (χ1v) is 13.1. The lowest BCUT2D eigenvalue weighted by Crippen LogP contribution is -2.13. The van der Waals surface area contributed by atoms with Crippen molar-refractivity contribution in [1.82, 2.24) is 4.98 Å². The van der Waals surface area contributed by atoms with E-state index in [0.717, 1.165) is 39.4 Å². The van der Waals surface area contributed by atoms with Gasteiger partial charge in [-0.15, -0.1) is 11.8 Å². The summed E-state index contributed by atoms with van der Waals surface area (Å²) >= 11 is 3.11. The van der Waals surface area contributed by atoms with Crippen molar-refractivity contribution in [2.24, 2.45) is 0 Å². The zero-order chi connectivity index (χ0) is 22.9. The summed E-state index contributed by atoms with van der Waals surface area (Å²) in [6, 6.07) is 31.2. The standard InChI is InChI=1S/C29H22N2OS2/c32-25(18-33-24-17-16-20-15-14-19-12-7-13-23(24)26(19)20)30-29-31-27(21-8-3-1-4-9-21)28(34-29)22-10-5-2-6-11-22/h1-13,16-17H,14-15,18H2,(H,30,31,32). The fraction of sp³-hybridized carbons (Fsp3) is 0.103. The van der Waals surface area contributed by atoms with E-state index in [9.17, 15) is 4.79 Å². The second kappa shape index (κ2) is 9.09. The van der Waals surface area contributed by atoms with Crippen LogP contribution in [0.3, 0.4) is 0 Å². The molecule has 1 aromatic heterocycles. The molecule has 3 nitrogen and oxygen atoms in total. The number of nitrogens with zero attached hydrogens (tertiary/aromatic N) is 1. The topological polar surface area (TPSA) is 42.0 Å². The zero-order valence-electron chi connectivity index (χ0n) is 18.5. The highest BCUT2D eigenvalue weighted by Crippen LogP contribution is 2.39. The Morgan fingerprint density at radius 1 is 0.824 bits per heavy atom. The number of nitrogens with one attached hydrogen (secondary N) is 1. The molecule has 1 aliphatic carbocycles. The molecule has 0 bridgehead atoms. The molecule has 0 atom stereocenters. The van der Waals surface area contributed by atoms with E-state index in [1.165, 1.54) is 33.2 Å². The molecule has 0 saturated heterocycles. The maximum atomic E-state index is 12.9. The van der Waals surface area contributed by atoms with E-state index in [0.29, 0.717) is 10.9 Å². The molecular weight excluding hydrogens is 456 g/mol. The number of aryl methyl sites for hydroxylation is 2. The third-order valence-electron chi connectivity index (χ3n) is 6.15. The van der Waals surface area contributed by atoms with Gasteiger partial charge in [0.1, 0.15) is 0 Å². The Labute approximate surface area is 206 Å². The predicted octanol–water partition coefficient (Wildman–Crippen LogP) is 7.46. The van der Waals surface area contributed by atoms with Crippen LogP contribution in [0.1, 0.15) is 11.1 Å². The molecule has 5 aromatic rings. The van der Waals surface area contributed by atoms with E-state index in [2.05, 4.69) is 59.9 Å². The molecule has 1 heterocycles. The van der Waals surface area contributed by atoms with Gasteiger partial charge in [0.25, 0.3) is 0 Å². The third kappa shape index (κ3) is 4.02. The van der Waals surface area contributed by atoms with Gasteiger partial charge in [0.05, 0.1) is 16.3 Å². The summed E-state index contributed by atoms with van der Waals surface area (Å²) < 4.78 is 0. The van der Waals surface area contributed by atoms with Crippen molar-refractivity contribution in [3.8, 4) is 21.7 Å². The van der Waals surface area contributed by atoms with Crippen LogP contribution >= 0.6 is 23.1 Å². The fourth-order valence-electron chi connectivity index (χ4n) is 4.60. The molecular formula is C29H22N2OS2. The number of aromatic nitrogens is 1. The molecule has 1 aliphatic rings. The van der Waals surface area contributed by atoms with Crippen LogP contribution in [-0.4, -0.2) is 16.6 Å². The largest absolute Gasteiger partial charge is 0.301 e. The lowest BCUT2D eigenvalue weighted by molar-refractivity contribution is -0.113. The van der Waals surface area contributed by atoms with Crippen LogP contribution in [0, 0.1) is 0 Å². The Hall–Kier alpha value is -3.41. The molecule has 4 aromatic carbocycles. The van der Waals surface area contributed by atoms with Gasteiger partial charge in [-0.3, -0.25) is 4.79 Å². The number of carbonyl (C=O) groups is 1. The zero-order valence-corrected chi connectivity index (χ0v) is 20.1. The van der Waals surface area contributed by atoms with Crippen molar-refractivity contribution in [2.75, 3.05) is 11.1 Å². The smallest absolute Gasteiger partial charge is 0.236 e. The van der Waals surface area contributed by atoms with Crippen molar-refractivity contribution in [1.29, 1.82) is 0 Å². The van der Waals surface area contributed by atoms with Gasteiger partial charge in [-0.25, -0.2) is 4.98 Å². The molecule has 0 fully saturated rings. The predicted molar refractivity (Wildman–Crippen MR) is 144 cm³/mol. The molecule has 0 saturated carbocycles. The minimum absolute atomic E-state index is 0.0405. The molecule has 0 radical (unpaired) electrons. The molecule has 166 valence electrons. The van der Waals surface area contributed by atoms with Gasteiger partial charge < -0.3 is 5.32 Å². The quantitative estimate of drug-likeness (QED) is 0.258. The van der Waals surface area contributed by atoms with Gasteiger partial charge in [-0.1, -0.05) is 96.3 Å². The number of amides is 1. The van der Waals surface area contributed by atoms with Crippen molar-refractivity contribution < 1.29 is 4.79 Å². The molecule has 34 heavy (non-hydrogen) atoms. The number of anilines is 1. The molecule has 1 amide bonds. The third-order valence-corrected chi connectivity index (χ3v) is 8.25. The monoisotopic (exact) mass is 478 g/mol. The highest BCUT2D eigenvalue weighted by Gasteiger charge is 2.18. The molecule has 5 heteroatoms. The van der Waals surface area contributed by atoms with Crippen LogP contribution < -0.4 is 5.32 Å². The Balaban J connectivity index is 1.24. The van der Waals surface area contributed by atoms with E-state index in [4.69, 9.17) is 4.98 Å². The van der Waals surface area contributed by atoms with Crippen LogP contribution in [0.15, 0.2) is 95.9 Å². The van der Waals surface area contributed by atoms with Crippen molar-refractivity contribution in [3.63, 3.8) is 0 Å². The van der Waals surface area contributed by atoms with Crippen LogP contribution in [0.4, 0.5) is 5.13 Å². The summed E-state index contributed by atoms with van der Waals surface area (Å²) in [5.74, 6) is 0.306. The number of thioether (sulfide) groups is 1. The van der Waals surface area contributed by atoms with Gasteiger partial charge in [0, 0.05) is 10.5 Å². The van der Waals surface area contributed by atoms with Crippen LogP contribution in [0.2, 0.25) is 0 Å². The number of benzene rings is 4. The highest BCUT2D eigenvalue weighted by molar-refractivity contribution is 8.00. The molecule has 0 aliphatic heterocycles. The van der Waals surface area contributed by atoms with E-state index in [-0.39, 0.29) is 5.91 Å². The normalized spacial score (nSPS) is 12.2. The fourth-order valence-corrected chi connectivity index (χ4v) is 6.45. The summed E-state index contributed by atoms with van der Waals surface area (Å²) in [6.07, 6.45) is 2.22. The first-order chi connectivity index (χ1) is 16.8. The summed E-state index contributed by atoms with van der Waals surface area (Å²) in [5.41, 5.74) is 5.88.